The van der Waals surface area contributed by atoms with E-state index in [9.17, 15) is 13.2 Å². The molecule has 0 saturated carbocycles. The molecule has 0 aromatic heterocycles. The minimum atomic E-state index is -3.79. The molecule has 2 aromatic carbocycles. The number of sulfonamides is 1. The molecule has 134 valence electrons. The van der Waals surface area contributed by atoms with E-state index in [1.165, 1.54) is 19.2 Å². The van der Waals surface area contributed by atoms with Crippen molar-refractivity contribution in [1.29, 1.82) is 0 Å². The Hall–Kier alpha value is -2.38. The molecule has 2 N–H and O–H groups in total. The maximum atomic E-state index is 12.6. The molecule has 0 aliphatic rings. The summed E-state index contributed by atoms with van der Waals surface area (Å²) in [6.07, 6.45) is 0. The molecule has 0 fully saturated rings. The molecule has 0 spiro atoms. The number of benzene rings is 2. The Morgan fingerprint density at radius 2 is 1.84 bits per heavy atom. The van der Waals surface area contributed by atoms with E-state index in [0.717, 1.165) is 11.1 Å². The van der Waals surface area contributed by atoms with Crippen LogP contribution in [0, 0.1) is 13.8 Å². The molecule has 0 radical (unpaired) electrons. The summed E-state index contributed by atoms with van der Waals surface area (Å²) in [5.74, 6) is -0.346. The van der Waals surface area contributed by atoms with Gasteiger partial charge in [-0.1, -0.05) is 18.2 Å². The number of aryl methyl sites for hydroxylation is 1. The molecule has 0 unspecified atom stereocenters. The highest BCUT2D eigenvalue weighted by atomic mass is 32.2. The standard InChI is InChI=1S/C18H22N2O4S/c1-13-6-4-9-17(14(13)2)20-25(22,23)16-8-5-7-15(12-16)18(21)19-10-11-24-3/h4-9,12,20H,10-11H2,1-3H3,(H,19,21). The van der Waals surface area contributed by atoms with Crippen molar-refractivity contribution in [2.75, 3.05) is 25.0 Å². The second kappa shape index (κ2) is 8.13. The molecule has 0 aliphatic heterocycles. The summed E-state index contributed by atoms with van der Waals surface area (Å²) < 4.78 is 32.7. The molecule has 7 heteroatoms. The lowest BCUT2D eigenvalue weighted by Gasteiger charge is -2.13. The summed E-state index contributed by atoms with van der Waals surface area (Å²) in [5, 5.41) is 2.67. The smallest absolute Gasteiger partial charge is 0.261 e. The molecule has 0 heterocycles. The van der Waals surface area contributed by atoms with E-state index in [0.29, 0.717) is 18.8 Å². The van der Waals surface area contributed by atoms with Crippen molar-refractivity contribution in [3.05, 3.63) is 59.2 Å². The van der Waals surface area contributed by atoms with Gasteiger partial charge in [0.05, 0.1) is 17.2 Å². The lowest BCUT2D eigenvalue weighted by molar-refractivity contribution is 0.0937. The van der Waals surface area contributed by atoms with Crippen molar-refractivity contribution in [3.8, 4) is 0 Å². The number of carbonyl (C=O) groups excluding carboxylic acids is 1. The third-order valence-corrected chi connectivity index (χ3v) is 5.21. The molecular formula is C18H22N2O4S. The first-order chi connectivity index (χ1) is 11.8. The van der Waals surface area contributed by atoms with Crippen LogP contribution in [0.1, 0.15) is 21.5 Å². The highest BCUT2D eigenvalue weighted by molar-refractivity contribution is 7.92. The van der Waals surface area contributed by atoms with Crippen LogP contribution in [0.25, 0.3) is 0 Å². The van der Waals surface area contributed by atoms with E-state index in [1.807, 2.05) is 19.9 Å². The number of methoxy groups -OCH3 is 1. The van der Waals surface area contributed by atoms with Crippen LogP contribution in [0.4, 0.5) is 5.69 Å². The number of nitrogens with one attached hydrogen (secondary N) is 2. The highest BCUT2D eigenvalue weighted by Gasteiger charge is 2.17. The SMILES string of the molecule is COCCNC(=O)c1cccc(S(=O)(=O)Nc2cccc(C)c2C)c1. The summed E-state index contributed by atoms with van der Waals surface area (Å²) in [6.45, 7) is 4.51. The van der Waals surface area contributed by atoms with Crippen LogP contribution in [0.5, 0.6) is 0 Å². The van der Waals surface area contributed by atoms with Crippen molar-refractivity contribution in [1.82, 2.24) is 5.32 Å². The number of carbonyl (C=O) groups is 1. The van der Waals surface area contributed by atoms with E-state index >= 15 is 0 Å². The minimum Gasteiger partial charge on any atom is -0.383 e. The Kier molecular flexibility index (Phi) is 6.17. The van der Waals surface area contributed by atoms with E-state index in [1.54, 1.807) is 24.3 Å². The van der Waals surface area contributed by atoms with E-state index in [-0.39, 0.29) is 16.4 Å². The highest BCUT2D eigenvalue weighted by Crippen LogP contribution is 2.22. The van der Waals surface area contributed by atoms with Crippen LogP contribution in [-0.4, -0.2) is 34.6 Å². The van der Waals surface area contributed by atoms with Gasteiger partial charge in [-0.05, 0) is 49.2 Å². The van der Waals surface area contributed by atoms with Crippen LogP contribution in [0.15, 0.2) is 47.4 Å². The van der Waals surface area contributed by atoms with Crippen molar-refractivity contribution in [2.45, 2.75) is 18.7 Å². The van der Waals surface area contributed by atoms with Crippen molar-refractivity contribution < 1.29 is 17.9 Å². The first-order valence-corrected chi connectivity index (χ1v) is 9.29. The first-order valence-electron chi connectivity index (χ1n) is 7.81. The van der Waals surface area contributed by atoms with Crippen LogP contribution in [0.3, 0.4) is 0 Å². The fraction of sp³-hybridized carbons (Fsp3) is 0.278. The lowest BCUT2D eigenvalue weighted by Crippen LogP contribution is -2.27. The third kappa shape index (κ3) is 4.80. The van der Waals surface area contributed by atoms with Gasteiger partial charge in [-0.3, -0.25) is 9.52 Å². The summed E-state index contributed by atoms with van der Waals surface area (Å²) in [5.41, 5.74) is 2.65. The van der Waals surface area contributed by atoms with Crippen LogP contribution < -0.4 is 10.0 Å². The number of hydrogen-bond acceptors (Lipinski definition) is 4. The van der Waals surface area contributed by atoms with Crippen molar-refractivity contribution in [3.63, 3.8) is 0 Å². The number of ether oxygens (including phenoxy) is 1. The Labute approximate surface area is 148 Å². The Balaban J connectivity index is 2.23. The summed E-state index contributed by atoms with van der Waals surface area (Å²) in [4.78, 5) is 12.1. The second-order valence-electron chi connectivity index (χ2n) is 5.63. The maximum Gasteiger partial charge on any atom is 0.261 e. The van der Waals surface area contributed by atoms with E-state index < -0.39 is 10.0 Å². The predicted octanol–water partition coefficient (Wildman–Crippen LogP) is 2.48. The summed E-state index contributed by atoms with van der Waals surface area (Å²) in [7, 11) is -2.25. The van der Waals surface area contributed by atoms with Gasteiger partial charge in [0.15, 0.2) is 0 Å². The average Bonchev–Trinajstić information content (AvgIpc) is 2.59. The van der Waals surface area contributed by atoms with Crippen molar-refractivity contribution >= 4 is 21.6 Å². The van der Waals surface area contributed by atoms with E-state index in [2.05, 4.69) is 10.0 Å². The lowest BCUT2D eigenvalue weighted by atomic mass is 10.1. The fourth-order valence-corrected chi connectivity index (χ4v) is 3.41. The molecule has 0 aliphatic carbocycles. The zero-order chi connectivity index (χ0) is 18.4. The van der Waals surface area contributed by atoms with Crippen LogP contribution >= 0.6 is 0 Å². The van der Waals surface area contributed by atoms with Crippen LogP contribution in [0.2, 0.25) is 0 Å². The monoisotopic (exact) mass is 362 g/mol. The largest absolute Gasteiger partial charge is 0.383 e. The van der Waals surface area contributed by atoms with Gasteiger partial charge in [0.1, 0.15) is 0 Å². The molecule has 25 heavy (non-hydrogen) atoms. The first kappa shape index (κ1) is 19.0. The van der Waals surface area contributed by atoms with Gasteiger partial charge in [-0.15, -0.1) is 0 Å². The molecule has 6 nitrogen and oxygen atoms in total. The van der Waals surface area contributed by atoms with Gasteiger partial charge in [-0.25, -0.2) is 8.42 Å². The Bertz CT molecular complexity index is 863. The zero-order valence-electron chi connectivity index (χ0n) is 14.5. The summed E-state index contributed by atoms with van der Waals surface area (Å²) in [6, 6.07) is 11.3. The zero-order valence-corrected chi connectivity index (χ0v) is 15.3. The molecular weight excluding hydrogens is 340 g/mol. The second-order valence-corrected chi connectivity index (χ2v) is 7.31. The van der Waals surface area contributed by atoms with Gasteiger partial charge in [0, 0.05) is 19.2 Å². The molecule has 0 saturated heterocycles. The number of rotatable bonds is 7. The van der Waals surface area contributed by atoms with Crippen LogP contribution in [-0.2, 0) is 14.8 Å². The maximum absolute atomic E-state index is 12.6. The van der Waals surface area contributed by atoms with Gasteiger partial charge in [0.2, 0.25) is 0 Å². The van der Waals surface area contributed by atoms with E-state index in [4.69, 9.17) is 4.74 Å². The molecule has 2 rings (SSSR count). The molecule has 0 bridgehead atoms. The molecule has 0 atom stereocenters. The fourth-order valence-electron chi connectivity index (χ4n) is 2.24. The molecule has 1 amide bonds. The topological polar surface area (TPSA) is 84.5 Å². The predicted molar refractivity (Wildman–Crippen MR) is 97.4 cm³/mol. The number of anilines is 1. The Morgan fingerprint density at radius 1 is 1.12 bits per heavy atom. The normalized spacial score (nSPS) is 11.2. The minimum absolute atomic E-state index is 0.0350. The Morgan fingerprint density at radius 3 is 2.56 bits per heavy atom. The van der Waals surface area contributed by atoms with Gasteiger partial charge < -0.3 is 10.1 Å². The number of amides is 1. The number of hydrogen-bond donors (Lipinski definition) is 2. The van der Waals surface area contributed by atoms with Gasteiger partial charge >= 0.3 is 0 Å². The average molecular weight is 362 g/mol. The summed E-state index contributed by atoms with van der Waals surface area (Å²) >= 11 is 0. The quantitative estimate of drug-likeness (QED) is 0.741. The van der Waals surface area contributed by atoms with Gasteiger partial charge in [-0.2, -0.15) is 0 Å². The van der Waals surface area contributed by atoms with Gasteiger partial charge in [0.25, 0.3) is 15.9 Å². The van der Waals surface area contributed by atoms with Crippen molar-refractivity contribution in [2.24, 2.45) is 0 Å². The third-order valence-electron chi connectivity index (χ3n) is 3.85. The molecule has 2 aromatic rings.